The molecule has 1 saturated carbocycles. The Balaban J connectivity index is 1.96. The topological polar surface area (TPSA) is 131 Å². The highest BCUT2D eigenvalue weighted by Crippen LogP contribution is 2.29. The molecule has 130 valence electrons. The Labute approximate surface area is 138 Å². The van der Waals surface area contributed by atoms with E-state index in [0.29, 0.717) is 31.4 Å². The Kier molecular flexibility index (Phi) is 5.56. The van der Waals surface area contributed by atoms with Crippen molar-refractivity contribution in [3.05, 3.63) is 28.3 Å². The highest BCUT2D eigenvalue weighted by molar-refractivity contribution is 5.91. The fourth-order valence-electron chi connectivity index (χ4n) is 2.74. The van der Waals surface area contributed by atoms with E-state index >= 15 is 0 Å². The molecule has 0 aliphatic heterocycles. The zero-order chi connectivity index (χ0) is 17.7. The van der Waals surface area contributed by atoms with Crippen molar-refractivity contribution in [3.63, 3.8) is 0 Å². The van der Waals surface area contributed by atoms with Crippen LogP contribution in [0, 0.1) is 16.0 Å². The Morgan fingerprint density at radius 3 is 2.50 bits per heavy atom. The van der Waals surface area contributed by atoms with Crippen LogP contribution in [0.5, 0.6) is 5.75 Å². The van der Waals surface area contributed by atoms with Gasteiger partial charge in [-0.25, -0.2) is 4.79 Å². The zero-order valence-corrected chi connectivity index (χ0v) is 13.2. The van der Waals surface area contributed by atoms with Gasteiger partial charge in [-0.1, -0.05) is 0 Å². The highest BCUT2D eigenvalue weighted by Gasteiger charge is 2.27. The molecule has 1 aromatic rings. The van der Waals surface area contributed by atoms with Crippen LogP contribution in [0.3, 0.4) is 0 Å². The molecule has 0 atom stereocenters. The van der Waals surface area contributed by atoms with Crippen LogP contribution < -0.4 is 15.4 Å². The average Bonchev–Trinajstić information content (AvgIpc) is 2.55. The molecular weight excluding hydrogens is 318 g/mol. The maximum absolute atomic E-state index is 12.1. The van der Waals surface area contributed by atoms with Gasteiger partial charge in [0.1, 0.15) is 5.75 Å². The van der Waals surface area contributed by atoms with Crippen molar-refractivity contribution in [2.24, 2.45) is 5.92 Å². The molecular formula is C15H19N3O6. The van der Waals surface area contributed by atoms with Crippen LogP contribution >= 0.6 is 0 Å². The molecule has 2 amide bonds. The first kappa shape index (κ1) is 17.5. The molecule has 9 heteroatoms. The molecule has 0 saturated heterocycles. The van der Waals surface area contributed by atoms with Crippen LogP contribution in [0.2, 0.25) is 0 Å². The summed E-state index contributed by atoms with van der Waals surface area (Å²) in [6.07, 6.45) is 2.19. The molecule has 0 bridgehead atoms. The number of urea groups is 1. The summed E-state index contributed by atoms with van der Waals surface area (Å²) < 4.78 is 5.08. The number of nitrogens with one attached hydrogen (secondary N) is 2. The number of aliphatic carboxylic acids is 1. The van der Waals surface area contributed by atoms with E-state index in [9.17, 15) is 19.7 Å². The monoisotopic (exact) mass is 337 g/mol. The van der Waals surface area contributed by atoms with E-state index in [4.69, 9.17) is 9.84 Å². The van der Waals surface area contributed by atoms with Crippen LogP contribution in [0.25, 0.3) is 0 Å². The summed E-state index contributed by atoms with van der Waals surface area (Å²) >= 11 is 0. The van der Waals surface area contributed by atoms with Crippen molar-refractivity contribution >= 4 is 23.4 Å². The highest BCUT2D eigenvalue weighted by atomic mass is 16.6. The lowest BCUT2D eigenvalue weighted by atomic mass is 9.86. The number of carboxylic acid groups (broad SMARTS) is 1. The van der Waals surface area contributed by atoms with Crippen molar-refractivity contribution in [1.29, 1.82) is 0 Å². The predicted octanol–water partition coefficient (Wildman–Crippen LogP) is 2.37. The smallest absolute Gasteiger partial charge is 0.319 e. The Morgan fingerprint density at radius 1 is 1.29 bits per heavy atom. The van der Waals surface area contributed by atoms with Crippen molar-refractivity contribution in [3.8, 4) is 5.75 Å². The van der Waals surface area contributed by atoms with Crippen molar-refractivity contribution in [2.75, 3.05) is 12.4 Å². The Morgan fingerprint density at radius 2 is 1.96 bits per heavy atom. The van der Waals surface area contributed by atoms with Gasteiger partial charge in [-0.2, -0.15) is 0 Å². The number of carbonyl (C=O) groups excluding carboxylic acids is 1. The third kappa shape index (κ3) is 4.34. The van der Waals surface area contributed by atoms with Gasteiger partial charge in [0.25, 0.3) is 5.69 Å². The molecule has 1 aliphatic carbocycles. The second-order valence-corrected chi connectivity index (χ2v) is 5.63. The average molecular weight is 337 g/mol. The first-order valence-corrected chi connectivity index (χ1v) is 7.53. The largest absolute Gasteiger partial charge is 0.495 e. The maximum Gasteiger partial charge on any atom is 0.319 e. The number of carboxylic acids is 1. The summed E-state index contributed by atoms with van der Waals surface area (Å²) in [6, 6.07) is 3.29. The molecule has 0 spiro atoms. The molecule has 24 heavy (non-hydrogen) atoms. The second-order valence-electron chi connectivity index (χ2n) is 5.63. The van der Waals surface area contributed by atoms with Gasteiger partial charge in [-0.3, -0.25) is 14.9 Å². The lowest BCUT2D eigenvalue weighted by Gasteiger charge is -2.26. The zero-order valence-electron chi connectivity index (χ0n) is 13.2. The predicted molar refractivity (Wildman–Crippen MR) is 85.2 cm³/mol. The van der Waals surface area contributed by atoms with E-state index < -0.39 is 16.9 Å². The number of non-ortho nitro benzene ring substituents is 1. The van der Waals surface area contributed by atoms with Gasteiger partial charge in [0.05, 0.1) is 23.6 Å². The number of hydrogen-bond donors (Lipinski definition) is 3. The number of hydrogen-bond acceptors (Lipinski definition) is 5. The first-order chi connectivity index (χ1) is 11.4. The van der Waals surface area contributed by atoms with E-state index in [1.807, 2.05) is 0 Å². The van der Waals surface area contributed by atoms with Crippen molar-refractivity contribution in [1.82, 2.24) is 5.32 Å². The number of anilines is 1. The van der Waals surface area contributed by atoms with Crippen LogP contribution in [-0.4, -0.2) is 35.2 Å². The van der Waals surface area contributed by atoms with Crippen LogP contribution in [-0.2, 0) is 4.79 Å². The number of rotatable bonds is 5. The van der Waals surface area contributed by atoms with Crippen molar-refractivity contribution < 1.29 is 24.4 Å². The number of ether oxygens (including phenoxy) is 1. The Hall–Kier alpha value is -2.84. The van der Waals surface area contributed by atoms with Gasteiger partial charge in [-0.05, 0) is 31.7 Å². The molecule has 0 unspecified atom stereocenters. The number of nitrogens with zero attached hydrogens (tertiary/aromatic N) is 1. The van der Waals surface area contributed by atoms with Crippen LogP contribution in [0.15, 0.2) is 18.2 Å². The summed E-state index contributed by atoms with van der Waals surface area (Å²) in [5.74, 6) is -0.854. The second kappa shape index (κ2) is 7.62. The van der Waals surface area contributed by atoms with E-state index in [2.05, 4.69) is 10.6 Å². The molecule has 9 nitrogen and oxygen atoms in total. The molecule has 0 heterocycles. The normalized spacial score (nSPS) is 20.0. The van der Waals surface area contributed by atoms with E-state index in [1.165, 1.54) is 25.3 Å². The van der Waals surface area contributed by atoms with Gasteiger partial charge in [-0.15, -0.1) is 0 Å². The first-order valence-electron chi connectivity index (χ1n) is 7.53. The minimum atomic E-state index is -0.806. The van der Waals surface area contributed by atoms with Gasteiger partial charge in [0.2, 0.25) is 0 Å². The molecule has 1 fully saturated rings. The van der Waals surface area contributed by atoms with Gasteiger partial charge in [0.15, 0.2) is 0 Å². The quantitative estimate of drug-likeness (QED) is 0.558. The summed E-state index contributed by atoms with van der Waals surface area (Å²) in [4.78, 5) is 33.3. The molecule has 3 N–H and O–H groups in total. The van der Waals surface area contributed by atoms with Gasteiger partial charge >= 0.3 is 12.0 Å². The number of carbonyl (C=O) groups is 2. The fraction of sp³-hybridized carbons (Fsp3) is 0.467. The van der Waals surface area contributed by atoms with Crippen molar-refractivity contribution in [2.45, 2.75) is 31.7 Å². The molecule has 1 aliphatic rings. The standard InChI is InChI=1S/C15H19N3O6/c1-24-13-7-6-11(18(22)23)8-12(13)17-15(21)16-10-4-2-9(3-5-10)14(19)20/h6-10H,2-5H2,1H3,(H,19,20)(H2,16,17,21). The Bertz CT molecular complexity index is 640. The molecule has 0 aromatic heterocycles. The van der Waals surface area contributed by atoms with Gasteiger partial charge in [0, 0.05) is 18.2 Å². The molecule has 1 aromatic carbocycles. The summed E-state index contributed by atoms with van der Waals surface area (Å²) in [7, 11) is 1.40. The maximum atomic E-state index is 12.1. The van der Waals surface area contributed by atoms with Gasteiger partial charge < -0.3 is 20.5 Å². The summed E-state index contributed by atoms with van der Waals surface area (Å²) in [6.45, 7) is 0. The summed E-state index contributed by atoms with van der Waals surface area (Å²) in [5, 5.41) is 25.1. The van der Waals surface area contributed by atoms with Crippen LogP contribution in [0.4, 0.5) is 16.2 Å². The fourth-order valence-corrected chi connectivity index (χ4v) is 2.74. The SMILES string of the molecule is COc1ccc([N+](=O)[O-])cc1NC(=O)NC1CCC(C(=O)O)CC1. The number of methoxy groups -OCH3 is 1. The lowest BCUT2D eigenvalue weighted by Crippen LogP contribution is -2.41. The third-order valence-electron chi connectivity index (χ3n) is 4.05. The number of benzene rings is 1. The number of nitro benzene ring substituents is 1. The number of nitro groups is 1. The number of amides is 2. The molecule has 2 rings (SSSR count). The molecule has 0 radical (unpaired) electrons. The summed E-state index contributed by atoms with van der Waals surface area (Å²) in [5.41, 5.74) is 0.0384. The van der Waals surface area contributed by atoms with E-state index in [0.717, 1.165) is 0 Å². The minimum absolute atomic E-state index is 0.120. The van der Waals surface area contributed by atoms with E-state index in [1.54, 1.807) is 0 Å². The third-order valence-corrected chi connectivity index (χ3v) is 4.05. The lowest BCUT2D eigenvalue weighted by molar-refractivity contribution is -0.384. The van der Waals surface area contributed by atoms with E-state index in [-0.39, 0.29) is 23.3 Å². The van der Waals surface area contributed by atoms with Crippen LogP contribution in [0.1, 0.15) is 25.7 Å². The minimum Gasteiger partial charge on any atom is -0.495 e.